The molecule has 4 rings (SSSR count). The van der Waals surface area contributed by atoms with Gasteiger partial charge >= 0.3 is 6.18 Å². The van der Waals surface area contributed by atoms with Gasteiger partial charge in [0, 0.05) is 17.3 Å². The van der Waals surface area contributed by atoms with E-state index in [1.165, 1.54) is 42.7 Å². The fraction of sp³-hybridized carbons (Fsp3) is 0.280. The minimum Gasteiger partial charge on any atom is -0.459 e. The van der Waals surface area contributed by atoms with E-state index >= 15 is 0 Å². The Morgan fingerprint density at radius 3 is 2.38 bits per heavy atom. The third-order valence-electron chi connectivity index (χ3n) is 5.81. The molecule has 0 bridgehead atoms. The molecule has 0 spiro atoms. The minimum atomic E-state index is -4.69. The fourth-order valence-electron chi connectivity index (χ4n) is 4.18. The van der Waals surface area contributed by atoms with Crippen molar-refractivity contribution in [3.8, 4) is 0 Å². The molecule has 0 saturated heterocycles. The van der Waals surface area contributed by atoms with Crippen molar-refractivity contribution in [2.45, 2.75) is 43.9 Å². The van der Waals surface area contributed by atoms with E-state index in [9.17, 15) is 27.2 Å². The predicted molar refractivity (Wildman–Crippen MR) is 117 cm³/mol. The van der Waals surface area contributed by atoms with Crippen LogP contribution in [0.1, 0.15) is 53.4 Å². The summed E-state index contributed by atoms with van der Waals surface area (Å²) in [6.45, 7) is 0. The summed E-state index contributed by atoms with van der Waals surface area (Å²) in [4.78, 5) is 27.8. The van der Waals surface area contributed by atoms with E-state index < -0.39 is 35.4 Å². The molecule has 0 radical (unpaired) electrons. The van der Waals surface area contributed by atoms with Crippen LogP contribution in [0.5, 0.6) is 0 Å². The van der Waals surface area contributed by atoms with Gasteiger partial charge in [-0.2, -0.15) is 13.2 Å². The number of amides is 2. The van der Waals surface area contributed by atoms with Crippen molar-refractivity contribution < 1.29 is 31.6 Å². The van der Waals surface area contributed by atoms with Crippen molar-refractivity contribution in [2.24, 2.45) is 0 Å². The maximum absolute atomic E-state index is 14.9. The number of nitrogens with one attached hydrogen (secondary N) is 1. The third-order valence-corrected chi connectivity index (χ3v) is 5.81. The van der Waals surface area contributed by atoms with Crippen LogP contribution in [0.2, 0.25) is 0 Å². The number of anilines is 1. The first-order valence-corrected chi connectivity index (χ1v) is 10.8. The second kappa shape index (κ2) is 9.70. The van der Waals surface area contributed by atoms with Crippen molar-refractivity contribution in [3.63, 3.8) is 0 Å². The molecule has 2 aromatic carbocycles. The van der Waals surface area contributed by atoms with Crippen molar-refractivity contribution in [3.05, 3.63) is 89.6 Å². The molecule has 1 aromatic heterocycles. The van der Waals surface area contributed by atoms with Gasteiger partial charge in [0.25, 0.3) is 5.91 Å². The van der Waals surface area contributed by atoms with Crippen molar-refractivity contribution in [2.75, 3.05) is 4.90 Å². The van der Waals surface area contributed by atoms with Gasteiger partial charge in [-0.05, 0) is 49.2 Å². The van der Waals surface area contributed by atoms with Crippen LogP contribution in [0, 0.1) is 5.82 Å². The summed E-state index contributed by atoms with van der Waals surface area (Å²) in [5, 5.41) is 2.85. The van der Waals surface area contributed by atoms with E-state index in [0.29, 0.717) is 0 Å². The Kier molecular flexibility index (Phi) is 6.72. The first-order valence-electron chi connectivity index (χ1n) is 10.8. The molecule has 2 amide bonds. The zero-order valence-electron chi connectivity index (χ0n) is 18.0. The molecule has 5 nitrogen and oxygen atoms in total. The highest BCUT2D eigenvalue weighted by Gasteiger charge is 2.38. The number of alkyl halides is 3. The van der Waals surface area contributed by atoms with E-state index in [4.69, 9.17) is 4.42 Å². The highest BCUT2D eigenvalue weighted by molar-refractivity contribution is 6.08. The molecule has 1 N–H and O–H groups in total. The van der Waals surface area contributed by atoms with E-state index in [1.54, 1.807) is 0 Å². The number of carbonyl (C=O) groups excluding carboxylic acids is 2. The van der Waals surface area contributed by atoms with Crippen LogP contribution >= 0.6 is 0 Å². The lowest BCUT2D eigenvalue weighted by Crippen LogP contribution is -2.46. The highest BCUT2D eigenvalue weighted by Crippen LogP contribution is 2.36. The predicted octanol–water partition coefficient (Wildman–Crippen LogP) is 5.88. The number of furan rings is 1. The summed E-state index contributed by atoms with van der Waals surface area (Å²) in [6, 6.07) is 10.4. The van der Waals surface area contributed by atoms with Gasteiger partial charge in [0.1, 0.15) is 11.9 Å². The van der Waals surface area contributed by atoms with Crippen LogP contribution in [0.3, 0.4) is 0 Å². The zero-order valence-corrected chi connectivity index (χ0v) is 18.0. The molecule has 178 valence electrons. The van der Waals surface area contributed by atoms with Gasteiger partial charge in [-0.15, -0.1) is 0 Å². The molecule has 1 aliphatic carbocycles. The lowest BCUT2D eigenvalue weighted by molar-refractivity contribution is -0.137. The molecule has 3 aromatic rings. The van der Waals surface area contributed by atoms with Crippen molar-refractivity contribution in [1.82, 2.24) is 5.32 Å². The number of carbonyl (C=O) groups is 2. The molecule has 34 heavy (non-hydrogen) atoms. The first-order chi connectivity index (χ1) is 16.3. The van der Waals surface area contributed by atoms with Crippen LogP contribution in [0.4, 0.5) is 23.2 Å². The normalized spacial score (nSPS) is 15.2. The van der Waals surface area contributed by atoms with E-state index in [1.807, 2.05) is 0 Å². The molecular weight excluding hydrogens is 452 g/mol. The SMILES string of the molecule is O=C(NC1CCCC1)C(c1ccccc1F)N(C(=O)c1ccco1)c1cccc(C(F)(F)F)c1. The summed E-state index contributed by atoms with van der Waals surface area (Å²) >= 11 is 0. The monoisotopic (exact) mass is 474 g/mol. The largest absolute Gasteiger partial charge is 0.459 e. The van der Waals surface area contributed by atoms with Crippen LogP contribution in [0.25, 0.3) is 0 Å². The fourth-order valence-corrected chi connectivity index (χ4v) is 4.18. The third kappa shape index (κ3) is 4.98. The van der Waals surface area contributed by atoms with Gasteiger partial charge in [0.2, 0.25) is 5.91 Å². The van der Waals surface area contributed by atoms with Gasteiger partial charge in [-0.1, -0.05) is 37.1 Å². The van der Waals surface area contributed by atoms with E-state index in [-0.39, 0.29) is 23.1 Å². The van der Waals surface area contributed by atoms with Crippen LogP contribution in [-0.2, 0) is 11.0 Å². The highest BCUT2D eigenvalue weighted by atomic mass is 19.4. The summed E-state index contributed by atoms with van der Waals surface area (Å²) < 4.78 is 60.5. The summed E-state index contributed by atoms with van der Waals surface area (Å²) in [5.41, 5.74) is -1.37. The van der Waals surface area contributed by atoms with Gasteiger partial charge < -0.3 is 9.73 Å². The van der Waals surface area contributed by atoms with Crippen LogP contribution < -0.4 is 10.2 Å². The molecule has 1 saturated carbocycles. The number of rotatable bonds is 6. The van der Waals surface area contributed by atoms with Crippen molar-refractivity contribution in [1.29, 1.82) is 0 Å². The smallest absolute Gasteiger partial charge is 0.416 e. The second-order valence-corrected chi connectivity index (χ2v) is 8.11. The van der Waals surface area contributed by atoms with E-state index in [2.05, 4.69) is 5.32 Å². The average molecular weight is 474 g/mol. The number of halogens is 4. The quantitative estimate of drug-likeness (QED) is 0.454. The standard InChI is InChI=1S/C25H22F4N2O3/c26-20-12-4-3-11-19(20)22(23(32)30-17-8-1-2-9-17)31(24(33)21-13-6-14-34-21)18-10-5-7-16(15-18)25(27,28)29/h3-7,10-15,17,22H,1-2,8-9H2,(H,30,32). The molecule has 9 heteroatoms. The topological polar surface area (TPSA) is 62.6 Å². The number of hydrogen-bond donors (Lipinski definition) is 1. The Bertz CT molecular complexity index is 1150. The van der Waals surface area contributed by atoms with Gasteiger partial charge in [0.15, 0.2) is 5.76 Å². The maximum atomic E-state index is 14.9. The van der Waals surface area contributed by atoms with Gasteiger partial charge in [-0.25, -0.2) is 4.39 Å². The lowest BCUT2D eigenvalue weighted by atomic mass is 10.0. The number of benzene rings is 2. The first kappa shape index (κ1) is 23.5. The Hall–Kier alpha value is -3.62. The van der Waals surface area contributed by atoms with Gasteiger partial charge in [-0.3, -0.25) is 14.5 Å². The molecule has 0 aliphatic heterocycles. The molecule has 1 atom stereocenters. The van der Waals surface area contributed by atoms with Crippen LogP contribution in [0.15, 0.2) is 71.3 Å². The number of hydrogen-bond acceptors (Lipinski definition) is 3. The minimum absolute atomic E-state index is 0.143. The molecule has 1 fully saturated rings. The van der Waals surface area contributed by atoms with Gasteiger partial charge in [0.05, 0.1) is 11.8 Å². The van der Waals surface area contributed by atoms with Crippen LogP contribution in [-0.4, -0.2) is 17.9 Å². The summed E-state index contributed by atoms with van der Waals surface area (Å²) in [7, 11) is 0. The van der Waals surface area contributed by atoms with E-state index in [0.717, 1.165) is 54.8 Å². The Balaban J connectivity index is 1.86. The molecule has 1 unspecified atom stereocenters. The van der Waals surface area contributed by atoms with Crippen molar-refractivity contribution >= 4 is 17.5 Å². The number of nitrogens with zero attached hydrogens (tertiary/aromatic N) is 1. The zero-order chi connectivity index (χ0) is 24.3. The maximum Gasteiger partial charge on any atom is 0.416 e. The summed E-state index contributed by atoms with van der Waals surface area (Å²) in [6.07, 6.45) is -0.171. The Morgan fingerprint density at radius 1 is 1.00 bits per heavy atom. The Morgan fingerprint density at radius 2 is 1.74 bits per heavy atom. The average Bonchev–Trinajstić information content (AvgIpc) is 3.52. The Labute approximate surface area is 193 Å². The molecule has 1 heterocycles. The second-order valence-electron chi connectivity index (χ2n) is 8.11. The summed E-state index contributed by atoms with van der Waals surface area (Å²) in [5.74, 6) is -2.53. The lowest BCUT2D eigenvalue weighted by Gasteiger charge is -2.32. The molecular formula is C25H22F4N2O3. The molecule has 1 aliphatic rings.